The van der Waals surface area contributed by atoms with Gasteiger partial charge in [0.15, 0.2) is 5.76 Å². The molecule has 1 aliphatic carbocycles. The SMILES string of the molecule is Cc1c(C(=O)Nc2ccc(F)cc2F)oc2c1/C(=N/NC(=O)C(c1ccccc1)c1ccccc1)CCC2. The predicted molar refractivity (Wildman–Crippen MR) is 140 cm³/mol. The highest BCUT2D eigenvalue weighted by atomic mass is 19.1. The number of nitrogens with zero attached hydrogens (tertiary/aromatic N) is 1. The summed E-state index contributed by atoms with van der Waals surface area (Å²) in [7, 11) is 0. The van der Waals surface area contributed by atoms with Crippen LogP contribution in [-0.2, 0) is 11.2 Å². The van der Waals surface area contributed by atoms with Crippen LogP contribution in [0.15, 0.2) is 88.4 Å². The molecule has 4 aromatic rings. The lowest BCUT2D eigenvalue weighted by atomic mass is 9.90. The van der Waals surface area contributed by atoms with Crippen molar-refractivity contribution in [2.75, 3.05) is 5.32 Å². The molecule has 2 amide bonds. The summed E-state index contributed by atoms with van der Waals surface area (Å²) in [6, 6.07) is 21.8. The summed E-state index contributed by atoms with van der Waals surface area (Å²) < 4.78 is 33.1. The molecular formula is C30H25F2N3O3. The van der Waals surface area contributed by atoms with Crippen molar-refractivity contribution in [3.8, 4) is 0 Å². The number of furan rings is 1. The molecule has 0 saturated carbocycles. The van der Waals surface area contributed by atoms with Crippen molar-refractivity contribution in [2.24, 2.45) is 5.10 Å². The van der Waals surface area contributed by atoms with Gasteiger partial charge in [0, 0.05) is 23.6 Å². The molecule has 6 nitrogen and oxygen atoms in total. The van der Waals surface area contributed by atoms with Crippen LogP contribution in [0.3, 0.4) is 0 Å². The molecule has 1 aromatic heterocycles. The summed E-state index contributed by atoms with van der Waals surface area (Å²) in [5.74, 6) is -2.52. The number of aryl methyl sites for hydroxylation is 1. The Morgan fingerprint density at radius 2 is 1.58 bits per heavy atom. The van der Waals surface area contributed by atoms with Crippen molar-refractivity contribution in [1.82, 2.24) is 5.43 Å². The maximum atomic E-state index is 14.1. The molecule has 0 atom stereocenters. The molecule has 0 aliphatic heterocycles. The summed E-state index contributed by atoms with van der Waals surface area (Å²) >= 11 is 0. The van der Waals surface area contributed by atoms with Gasteiger partial charge in [0.1, 0.15) is 17.4 Å². The quantitative estimate of drug-likeness (QED) is 0.305. The number of amides is 2. The molecule has 8 heteroatoms. The fourth-order valence-electron chi connectivity index (χ4n) is 4.74. The van der Waals surface area contributed by atoms with E-state index in [1.54, 1.807) is 6.92 Å². The van der Waals surface area contributed by atoms with E-state index in [-0.39, 0.29) is 17.4 Å². The van der Waals surface area contributed by atoms with Crippen LogP contribution >= 0.6 is 0 Å². The van der Waals surface area contributed by atoms with E-state index in [1.165, 1.54) is 0 Å². The molecule has 1 heterocycles. The zero-order valence-electron chi connectivity index (χ0n) is 20.6. The highest BCUT2D eigenvalue weighted by Gasteiger charge is 2.29. The number of nitrogens with one attached hydrogen (secondary N) is 2. The number of hydrazone groups is 1. The average Bonchev–Trinajstić information content (AvgIpc) is 3.27. The van der Waals surface area contributed by atoms with E-state index in [1.807, 2.05) is 60.7 Å². The van der Waals surface area contributed by atoms with Gasteiger partial charge < -0.3 is 9.73 Å². The first-order chi connectivity index (χ1) is 18.4. The number of anilines is 1. The van der Waals surface area contributed by atoms with Crippen LogP contribution in [0.1, 0.15) is 57.3 Å². The van der Waals surface area contributed by atoms with Crippen LogP contribution in [0.25, 0.3) is 0 Å². The van der Waals surface area contributed by atoms with E-state index < -0.39 is 23.5 Å². The molecule has 3 aromatic carbocycles. The second-order valence-corrected chi connectivity index (χ2v) is 9.08. The number of fused-ring (bicyclic) bond motifs is 1. The zero-order valence-corrected chi connectivity index (χ0v) is 20.6. The van der Waals surface area contributed by atoms with Crippen molar-refractivity contribution in [3.05, 3.63) is 124 Å². The monoisotopic (exact) mass is 513 g/mol. The van der Waals surface area contributed by atoms with E-state index in [0.29, 0.717) is 41.5 Å². The fraction of sp³-hybridized carbons (Fsp3) is 0.167. The van der Waals surface area contributed by atoms with Gasteiger partial charge in [-0.2, -0.15) is 5.10 Å². The third-order valence-electron chi connectivity index (χ3n) is 6.54. The molecule has 0 fully saturated rings. The Balaban J connectivity index is 1.40. The molecule has 0 unspecified atom stereocenters. The topological polar surface area (TPSA) is 83.7 Å². The Kier molecular flexibility index (Phi) is 7.13. The van der Waals surface area contributed by atoms with Crippen LogP contribution in [0.2, 0.25) is 0 Å². The van der Waals surface area contributed by atoms with Crippen molar-refractivity contribution in [3.63, 3.8) is 0 Å². The van der Waals surface area contributed by atoms with Crippen molar-refractivity contribution >= 4 is 23.2 Å². The van der Waals surface area contributed by atoms with Crippen molar-refractivity contribution < 1.29 is 22.8 Å². The first-order valence-corrected chi connectivity index (χ1v) is 12.3. The minimum atomic E-state index is -0.885. The molecular weight excluding hydrogens is 488 g/mol. The lowest BCUT2D eigenvalue weighted by Gasteiger charge is -2.18. The molecule has 192 valence electrons. The molecule has 5 rings (SSSR count). The van der Waals surface area contributed by atoms with Gasteiger partial charge >= 0.3 is 0 Å². The largest absolute Gasteiger partial charge is 0.455 e. The van der Waals surface area contributed by atoms with Crippen molar-refractivity contribution in [2.45, 2.75) is 32.1 Å². The van der Waals surface area contributed by atoms with E-state index in [0.717, 1.165) is 29.7 Å². The Bertz CT molecular complexity index is 1480. The normalized spacial score (nSPS) is 13.8. The maximum absolute atomic E-state index is 14.1. The Morgan fingerprint density at radius 3 is 2.21 bits per heavy atom. The molecule has 0 saturated heterocycles. The van der Waals surface area contributed by atoms with Gasteiger partial charge in [0.25, 0.3) is 11.8 Å². The maximum Gasteiger partial charge on any atom is 0.291 e. The van der Waals surface area contributed by atoms with Crippen LogP contribution < -0.4 is 10.7 Å². The average molecular weight is 514 g/mol. The minimum Gasteiger partial charge on any atom is -0.455 e. The molecule has 38 heavy (non-hydrogen) atoms. The lowest BCUT2D eigenvalue weighted by molar-refractivity contribution is -0.121. The Hall–Kier alpha value is -4.59. The van der Waals surface area contributed by atoms with Gasteiger partial charge in [-0.25, -0.2) is 14.2 Å². The van der Waals surface area contributed by atoms with Gasteiger partial charge in [-0.15, -0.1) is 0 Å². The summed E-state index contributed by atoms with van der Waals surface area (Å²) in [5.41, 5.74) is 6.06. The second kappa shape index (κ2) is 10.8. The summed E-state index contributed by atoms with van der Waals surface area (Å²) in [6.07, 6.45) is 1.91. The van der Waals surface area contributed by atoms with Gasteiger partial charge in [0.2, 0.25) is 0 Å². The molecule has 0 spiro atoms. The smallest absolute Gasteiger partial charge is 0.291 e. The number of rotatable bonds is 6. The standard InChI is InChI=1S/C30H25F2N3O3/c1-18-26-24(34-35-29(36)27(19-9-4-2-5-10-19)20-11-6-3-7-12-20)13-8-14-25(26)38-28(18)30(37)33-23-16-15-21(31)17-22(23)32/h2-7,9-12,15-17,27H,8,13-14H2,1H3,(H,33,37)(H,35,36)/b34-24+. The minimum absolute atomic E-state index is 0.0195. The predicted octanol–water partition coefficient (Wildman–Crippen LogP) is 6.11. The number of halogens is 2. The van der Waals surface area contributed by atoms with Crippen LogP contribution in [0, 0.1) is 18.6 Å². The van der Waals surface area contributed by atoms with Crippen LogP contribution in [0.5, 0.6) is 0 Å². The first kappa shape index (κ1) is 25.1. The lowest BCUT2D eigenvalue weighted by Crippen LogP contribution is -2.28. The van der Waals surface area contributed by atoms with Crippen LogP contribution in [-0.4, -0.2) is 17.5 Å². The van der Waals surface area contributed by atoms with Gasteiger partial charge in [-0.1, -0.05) is 60.7 Å². The van der Waals surface area contributed by atoms with Crippen molar-refractivity contribution in [1.29, 1.82) is 0 Å². The Morgan fingerprint density at radius 1 is 0.921 bits per heavy atom. The number of carbonyl (C=O) groups excluding carboxylic acids is 2. The summed E-state index contributed by atoms with van der Waals surface area (Å²) in [6.45, 7) is 1.72. The number of hydrogen-bond acceptors (Lipinski definition) is 4. The van der Waals surface area contributed by atoms with Crippen LogP contribution in [0.4, 0.5) is 14.5 Å². The zero-order chi connectivity index (χ0) is 26.6. The highest BCUT2D eigenvalue weighted by Crippen LogP contribution is 2.31. The van der Waals surface area contributed by atoms with E-state index in [4.69, 9.17) is 4.42 Å². The summed E-state index contributed by atoms with van der Waals surface area (Å²) in [4.78, 5) is 26.3. The van der Waals surface area contributed by atoms with E-state index in [9.17, 15) is 18.4 Å². The number of carbonyl (C=O) groups is 2. The number of benzene rings is 3. The third-order valence-corrected chi connectivity index (χ3v) is 6.54. The van der Waals surface area contributed by atoms with E-state index >= 15 is 0 Å². The summed E-state index contributed by atoms with van der Waals surface area (Å²) in [5, 5.41) is 6.90. The highest BCUT2D eigenvalue weighted by molar-refractivity contribution is 6.09. The molecule has 1 aliphatic rings. The first-order valence-electron chi connectivity index (χ1n) is 12.3. The van der Waals surface area contributed by atoms with Gasteiger partial charge in [0.05, 0.1) is 17.3 Å². The molecule has 0 radical (unpaired) electrons. The molecule has 2 N–H and O–H groups in total. The number of hydrogen-bond donors (Lipinski definition) is 2. The third kappa shape index (κ3) is 5.11. The van der Waals surface area contributed by atoms with Gasteiger partial charge in [-0.3, -0.25) is 9.59 Å². The fourth-order valence-corrected chi connectivity index (χ4v) is 4.74. The van der Waals surface area contributed by atoms with Gasteiger partial charge in [-0.05, 0) is 43.0 Å². The molecule has 0 bridgehead atoms. The second-order valence-electron chi connectivity index (χ2n) is 9.08. The Labute approximate surface area is 218 Å². The van der Waals surface area contributed by atoms with E-state index in [2.05, 4.69) is 15.8 Å².